The van der Waals surface area contributed by atoms with Gasteiger partial charge in [0.2, 0.25) is 0 Å². The summed E-state index contributed by atoms with van der Waals surface area (Å²) in [6.07, 6.45) is 0. The number of likely N-dealkylation sites (N-methyl/N-ethyl adjacent to an activating group) is 1. The molecule has 84 valence electrons. The maximum atomic E-state index is 10.9. The fourth-order valence-electron chi connectivity index (χ4n) is 1.39. The lowest BCUT2D eigenvalue weighted by Gasteiger charge is -2.17. The van der Waals surface area contributed by atoms with Crippen molar-refractivity contribution >= 4 is 11.4 Å². The molecule has 16 heavy (non-hydrogen) atoms. The Labute approximate surface area is 92.5 Å². The molecule has 1 aromatic carbocycles. The van der Waals surface area contributed by atoms with Gasteiger partial charge in [-0.2, -0.15) is 5.26 Å². The first-order valence-electron chi connectivity index (χ1n) is 4.61. The minimum absolute atomic E-state index is 0.0206. The molecule has 0 radical (unpaired) electrons. The minimum Gasteiger partial charge on any atom is -0.395 e. The van der Waals surface area contributed by atoms with Gasteiger partial charge in [0.25, 0.3) is 0 Å². The van der Waals surface area contributed by atoms with Crippen molar-refractivity contribution < 1.29 is 10.0 Å². The Morgan fingerprint density at radius 2 is 2.31 bits per heavy atom. The third-order valence-electron chi connectivity index (χ3n) is 2.16. The Bertz CT molecular complexity index is 439. The minimum atomic E-state index is -0.582. The Kier molecular flexibility index (Phi) is 3.80. The van der Waals surface area contributed by atoms with E-state index < -0.39 is 4.92 Å². The number of aliphatic hydroxyl groups is 1. The predicted octanol–water partition coefficient (Wildman–Crippen LogP) is 0.895. The largest absolute Gasteiger partial charge is 0.395 e. The molecule has 0 aromatic heterocycles. The van der Waals surface area contributed by atoms with Crippen LogP contribution in [0.1, 0.15) is 5.56 Å². The van der Waals surface area contributed by atoms with Crippen LogP contribution in [0, 0.1) is 21.4 Å². The van der Waals surface area contributed by atoms with Crippen molar-refractivity contribution in [2.45, 2.75) is 0 Å². The maximum absolute atomic E-state index is 10.9. The number of rotatable bonds is 4. The van der Waals surface area contributed by atoms with E-state index in [1.165, 1.54) is 6.07 Å². The summed E-state index contributed by atoms with van der Waals surface area (Å²) in [7, 11) is 1.62. The lowest BCUT2D eigenvalue weighted by Crippen LogP contribution is -2.22. The quantitative estimate of drug-likeness (QED) is 0.602. The van der Waals surface area contributed by atoms with Gasteiger partial charge >= 0.3 is 5.69 Å². The molecule has 6 heteroatoms. The Morgan fingerprint density at radius 1 is 1.62 bits per heavy atom. The molecule has 6 nitrogen and oxygen atoms in total. The van der Waals surface area contributed by atoms with Crippen LogP contribution in [0.25, 0.3) is 0 Å². The number of nitrogens with zero attached hydrogens (tertiary/aromatic N) is 3. The van der Waals surface area contributed by atoms with Crippen LogP contribution < -0.4 is 4.90 Å². The van der Waals surface area contributed by atoms with Crippen LogP contribution in [-0.4, -0.2) is 30.2 Å². The van der Waals surface area contributed by atoms with E-state index >= 15 is 0 Å². The second-order valence-corrected chi connectivity index (χ2v) is 3.19. The summed E-state index contributed by atoms with van der Waals surface area (Å²) in [5.74, 6) is 0. The first-order valence-corrected chi connectivity index (χ1v) is 4.61. The first kappa shape index (κ1) is 11.9. The Morgan fingerprint density at radius 3 is 2.81 bits per heavy atom. The first-order chi connectivity index (χ1) is 7.61. The second-order valence-electron chi connectivity index (χ2n) is 3.19. The zero-order chi connectivity index (χ0) is 12.1. The number of aliphatic hydroxyl groups excluding tert-OH is 1. The SMILES string of the molecule is CN(CCO)c1cccc(C#N)c1[N+](=O)[O-]. The number of para-hydroxylation sites is 1. The van der Waals surface area contributed by atoms with Crippen molar-refractivity contribution in [3.8, 4) is 6.07 Å². The molecular formula is C10H11N3O3. The van der Waals surface area contributed by atoms with Gasteiger partial charge in [0.1, 0.15) is 17.3 Å². The summed E-state index contributed by atoms with van der Waals surface area (Å²) < 4.78 is 0. The van der Waals surface area contributed by atoms with Crippen molar-refractivity contribution in [1.29, 1.82) is 5.26 Å². The van der Waals surface area contributed by atoms with Gasteiger partial charge in [-0.3, -0.25) is 10.1 Å². The van der Waals surface area contributed by atoms with Gasteiger partial charge in [-0.1, -0.05) is 6.07 Å². The molecular weight excluding hydrogens is 210 g/mol. The Balaban J connectivity index is 3.28. The van der Waals surface area contributed by atoms with E-state index in [0.29, 0.717) is 5.69 Å². The van der Waals surface area contributed by atoms with Gasteiger partial charge in [-0.15, -0.1) is 0 Å². The monoisotopic (exact) mass is 221 g/mol. The predicted molar refractivity (Wildman–Crippen MR) is 58.2 cm³/mol. The zero-order valence-corrected chi connectivity index (χ0v) is 8.75. The number of nitriles is 1. The van der Waals surface area contributed by atoms with Gasteiger partial charge < -0.3 is 10.0 Å². The van der Waals surface area contributed by atoms with Gasteiger partial charge in [0.05, 0.1) is 11.5 Å². The maximum Gasteiger partial charge on any atom is 0.310 e. The highest BCUT2D eigenvalue weighted by molar-refractivity contribution is 5.69. The van der Waals surface area contributed by atoms with E-state index in [0.717, 1.165) is 0 Å². The number of nitro benzene ring substituents is 1. The lowest BCUT2D eigenvalue weighted by atomic mass is 10.1. The van der Waals surface area contributed by atoms with Crippen molar-refractivity contribution in [1.82, 2.24) is 0 Å². The second kappa shape index (κ2) is 5.09. The van der Waals surface area contributed by atoms with Crippen LogP contribution in [0.5, 0.6) is 0 Å². The normalized spacial score (nSPS) is 9.56. The summed E-state index contributed by atoms with van der Waals surface area (Å²) >= 11 is 0. The lowest BCUT2D eigenvalue weighted by molar-refractivity contribution is -0.384. The van der Waals surface area contributed by atoms with Crippen LogP contribution in [0.15, 0.2) is 18.2 Å². The average Bonchev–Trinajstić information content (AvgIpc) is 2.28. The average molecular weight is 221 g/mol. The van der Waals surface area contributed by atoms with Crippen LogP contribution in [-0.2, 0) is 0 Å². The van der Waals surface area contributed by atoms with Crippen LogP contribution >= 0.6 is 0 Å². The standard InChI is InChI=1S/C10H11N3O3/c1-12(5-6-14)9-4-2-3-8(7-11)10(9)13(15)16/h2-4,14H,5-6H2,1H3. The molecule has 0 heterocycles. The van der Waals surface area contributed by atoms with E-state index in [-0.39, 0.29) is 24.4 Å². The van der Waals surface area contributed by atoms with E-state index in [2.05, 4.69) is 0 Å². The highest BCUT2D eigenvalue weighted by Gasteiger charge is 2.21. The van der Waals surface area contributed by atoms with Crippen LogP contribution in [0.3, 0.4) is 0 Å². The van der Waals surface area contributed by atoms with Crippen LogP contribution in [0.2, 0.25) is 0 Å². The zero-order valence-electron chi connectivity index (χ0n) is 8.75. The van der Waals surface area contributed by atoms with E-state index in [4.69, 9.17) is 10.4 Å². The molecule has 0 saturated heterocycles. The molecule has 0 amide bonds. The molecule has 0 aliphatic rings. The number of hydrogen-bond donors (Lipinski definition) is 1. The Hall–Kier alpha value is -2.13. The highest BCUT2D eigenvalue weighted by atomic mass is 16.6. The molecule has 0 atom stereocenters. The number of benzene rings is 1. The van der Waals surface area contributed by atoms with Gasteiger partial charge in [0.15, 0.2) is 0 Å². The molecule has 0 unspecified atom stereocenters. The third kappa shape index (κ3) is 2.27. The van der Waals surface area contributed by atoms with Crippen molar-refractivity contribution in [3.63, 3.8) is 0 Å². The summed E-state index contributed by atoms with van der Waals surface area (Å²) in [6.45, 7) is 0.167. The molecule has 1 rings (SSSR count). The van der Waals surface area contributed by atoms with Gasteiger partial charge in [-0.25, -0.2) is 0 Å². The smallest absolute Gasteiger partial charge is 0.310 e. The van der Waals surface area contributed by atoms with Gasteiger partial charge in [0, 0.05) is 13.6 Å². The summed E-state index contributed by atoms with van der Waals surface area (Å²) in [6, 6.07) is 6.31. The summed E-state index contributed by atoms with van der Waals surface area (Å²) in [5.41, 5.74) is 0.131. The van der Waals surface area contributed by atoms with E-state index in [1.54, 1.807) is 30.1 Å². The molecule has 0 spiro atoms. The summed E-state index contributed by atoms with van der Waals surface area (Å²) in [5, 5.41) is 28.4. The van der Waals surface area contributed by atoms with Crippen LogP contribution in [0.4, 0.5) is 11.4 Å². The topological polar surface area (TPSA) is 90.4 Å². The number of hydrogen-bond acceptors (Lipinski definition) is 5. The molecule has 0 saturated carbocycles. The number of nitro groups is 1. The third-order valence-corrected chi connectivity index (χ3v) is 2.16. The number of anilines is 1. The highest BCUT2D eigenvalue weighted by Crippen LogP contribution is 2.30. The summed E-state index contributed by atoms with van der Waals surface area (Å²) in [4.78, 5) is 11.8. The molecule has 0 fully saturated rings. The molecule has 0 aliphatic carbocycles. The van der Waals surface area contributed by atoms with E-state index in [1.807, 2.05) is 0 Å². The fourth-order valence-corrected chi connectivity index (χ4v) is 1.39. The molecule has 0 bridgehead atoms. The van der Waals surface area contributed by atoms with Crippen molar-refractivity contribution in [2.24, 2.45) is 0 Å². The fraction of sp³-hybridized carbons (Fsp3) is 0.300. The van der Waals surface area contributed by atoms with Crippen molar-refractivity contribution in [3.05, 3.63) is 33.9 Å². The molecule has 0 aliphatic heterocycles. The van der Waals surface area contributed by atoms with Crippen molar-refractivity contribution in [2.75, 3.05) is 25.1 Å². The van der Waals surface area contributed by atoms with Gasteiger partial charge in [-0.05, 0) is 12.1 Å². The molecule has 1 N–H and O–H groups in total. The molecule has 1 aromatic rings. The van der Waals surface area contributed by atoms with E-state index in [9.17, 15) is 10.1 Å².